The molecule has 1 aliphatic heterocycles. The summed E-state index contributed by atoms with van der Waals surface area (Å²) in [5, 5.41) is 11.3. The molecule has 37 heavy (non-hydrogen) atoms. The number of hydrogen-bond acceptors (Lipinski definition) is 6. The molecule has 0 bridgehead atoms. The molecule has 6 nitrogen and oxygen atoms in total. The maximum atomic E-state index is 12.8. The molecule has 0 saturated heterocycles. The van der Waals surface area contributed by atoms with Crippen LogP contribution in [0.15, 0.2) is 24.3 Å². The summed E-state index contributed by atoms with van der Waals surface area (Å²) in [4.78, 5) is 5.08. The molecule has 1 saturated carbocycles. The van der Waals surface area contributed by atoms with Gasteiger partial charge in [0.1, 0.15) is 11.9 Å². The van der Waals surface area contributed by atoms with Gasteiger partial charge in [-0.1, -0.05) is 52.7 Å². The molecule has 10 heteroatoms. The topological polar surface area (TPSA) is 85.7 Å². The van der Waals surface area contributed by atoms with Crippen LogP contribution in [0.2, 0.25) is 0 Å². The van der Waals surface area contributed by atoms with Crippen LogP contribution >= 0.6 is 0 Å². The van der Waals surface area contributed by atoms with Gasteiger partial charge >= 0.3 is 15.6 Å². The number of alkyl halides is 3. The molecular weight excluding hydrogens is 507 g/mol. The summed E-state index contributed by atoms with van der Waals surface area (Å²) in [6.45, 7) is 8.40. The first-order valence-electron chi connectivity index (χ1n) is 12.7. The van der Waals surface area contributed by atoms with Crippen molar-refractivity contribution in [3.63, 3.8) is 0 Å². The third kappa shape index (κ3) is 4.44. The highest BCUT2D eigenvalue weighted by molar-refractivity contribution is 7.88. The Morgan fingerprint density at radius 3 is 2.30 bits per heavy atom. The van der Waals surface area contributed by atoms with Crippen molar-refractivity contribution in [2.24, 2.45) is 5.41 Å². The van der Waals surface area contributed by atoms with Crippen molar-refractivity contribution in [1.82, 2.24) is 4.98 Å². The minimum Gasteiger partial charge on any atom is -0.388 e. The summed E-state index contributed by atoms with van der Waals surface area (Å²) in [6.07, 6.45) is 3.77. The number of halogens is 3. The normalized spacial score (nSPS) is 24.4. The fourth-order valence-electron chi connectivity index (χ4n) is 6.29. The van der Waals surface area contributed by atoms with E-state index in [2.05, 4.69) is 31.9 Å². The Kier molecular flexibility index (Phi) is 6.20. The lowest BCUT2D eigenvalue weighted by molar-refractivity contribution is -0.0581. The number of aromatic nitrogens is 1. The highest BCUT2D eigenvalue weighted by Gasteiger charge is 2.53. The van der Waals surface area contributed by atoms with Crippen molar-refractivity contribution in [3.8, 4) is 5.75 Å². The molecule has 2 aliphatic carbocycles. The molecule has 0 radical (unpaired) electrons. The first kappa shape index (κ1) is 26.4. The van der Waals surface area contributed by atoms with Gasteiger partial charge in [0, 0.05) is 22.5 Å². The number of pyridine rings is 1. The fraction of sp³-hybridized carbons (Fsp3) is 0.593. The molecule has 5 rings (SSSR count). The molecule has 2 aromatic rings. The second-order valence-electron chi connectivity index (χ2n) is 11.6. The molecule has 3 aliphatic rings. The fourth-order valence-corrected chi connectivity index (χ4v) is 6.75. The van der Waals surface area contributed by atoms with Crippen LogP contribution in [0, 0.1) is 5.41 Å². The lowest BCUT2D eigenvalue weighted by Crippen LogP contribution is -2.32. The van der Waals surface area contributed by atoms with Crippen molar-refractivity contribution >= 4 is 10.1 Å². The van der Waals surface area contributed by atoms with Gasteiger partial charge in [-0.05, 0) is 60.3 Å². The number of ether oxygens (including phenoxy) is 1. The van der Waals surface area contributed by atoms with Gasteiger partial charge in [0.25, 0.3) is 0 Å². The zero-order valence-electron chi connectivity index (χ0n) is 21.4. The minimum absolute atomic E-state index is 0.0726. The summed E-state index contributed by atoms with van der Waals surface area (Å²) in [7, 11) is -5.76. The van der Waals surface area contributed by atoms with Gasteiger partial charge in [-0.25, -0.2) is 0 Å². The molecule has 0 amide bonds. The lowest BCUT2D eigenvalue weighted by Gasteiger charge is -2.38. The smallest absolute Gasteiger partial charge is 0.388 e. The van der Waals surface area contributed by atoms with Gasteiger partial charge in [0.15, 0.2) is 0 Å². The van der Waals surface area contributed by atoms with Crippen molar-refractivity contribution in [2.45, 2.75) is 95.5 Å². The van der Waals surface area contributed by atoms with E-state index in [9.17, 15) is 26.7 Å². The number of hydrogen-bond donors (Lipinski definition) is 1. The molecule has 202 valence electrons. The van der Waals surface area contributed by atoms with Crippen molar-refractivity contribution in [1.29, 1.82) is 0 Å². The van der Waals surface area contributed by atoms with E-state index in [4.69, 9.17) is 9.72 Å². The predicted molar refractivity (Wildman–Crippen MR) is 131 cm³/mol. The van der Waals surface area contributed by atoms with Gasteiger partial charge < -0.3 is 14.0 Å². The SMILES string of the molecule is CC(C)c1nc2c(c3c1[C@@H](c1ccc(OS(=O)(=O)C(F)(F)F)cc1)OC31CCCC1)[C@@H](O)CC(C)(C)C2. The number of fused-ring (bicyclic) bond motifs is 4. The van der Waals surface area contributed by atoms with Crippen molar-refractivity contribution in [2.75, 3.05) is 0 Å². The largest absolute Gasteiger partial charge is 0.534 e. The summed E-state index contributed by atoms with van der Waals surface area (Å²) in [6, 6.07) is 5.48. The van der Waals surface area contributed by atoms with Crippen LogP contribution < -0.4 is 4.18 Å². The first-order valence-corrected chi connectivity index (χ1v) is 14.1. The zero-order chi connectivity index (χ0) is 27.0. The average Bonchev–Trinajstić information content (AvgIpc) is 3.37. The van der Waals surface area contributed by atoms with Gasteiger partial charge in [0.05, 0.1) is 11.7 Å². The Balaban J connectivity index is 1.63. The van der Waals surface area contributed by atoms with Crippen molar-refractivity contribution < 1.29 is 35.6 Å². The molecule has 1 N–H and O–H groups in total. The van der Waals surface area contributed by atoms with E-state index >= 15 is 0 Å². The lowest BCUT2D eigenvalue weighted by atomic mass is 9.70. The van der Waals surface area contributed by atoms with Crippen LogP contribution in [0.3, 0.4) is 0 Å². The first-order chi connectivity index (χ1) is 17.1. The van der Waals surface area contributed by atoms with Gasteiger partial charge in [0.2, 0.25) is 0 Å². The quantitative estimate of drug-likeness (QED) is 0.361. The molecule has 2 atom stereocenters. The standard InChI is InChI=1S/C27H32F3NO5S/c1-15(2)23-21-22(20-18(31-23)13-25(3,4)14-19(20)32)26(11-5-6-12-26)35-24(21)16-7-9-17(10-8-16)36-37(33,34)27(28,29)30/h7-10,15,19,24,32H,5-6,11-14H2,1-4H3/t19-,24+/m0/s1. The summed E-state index contributed by atoms with van der Waals surface area (Å²) in [5.41, 5.74) is -0.854. The van der Waals surface area contributed by atoms with Crippen LogP contribution in [0.1, 0.15) is 112 Å². The second kappa shape index (κ2) is 8.68. The van der Waals surface area contributed by atoms with E-state index in [-0.39, 0.29) is 11.3 Å². The molecule has 2 heterocycles. The van der Waals surface area contributed by atoms with Gasteiger partial charge in [-0.3, -0.25) is 4.98 Å². The number of nitrogens with zero attached hydrogens (tertiary/aromatic N) is 1. The summed E-state index contributed by atoms with van der Waals surface area (Å²) in [5.74, 6) is -0.358. The van der Waals surface area contributed by atoms with E-state index < -0.39 is 39.2 Å². The molecule has 1 fully saturated rings. The van der Waals surface area contributed by atoms with E-state index in [0.717, 1.165) is 60.2 Å². The highest BCUT2D eigenvalue weighted by Crippen LogP contribution is 2.59. The van der Waals surface area contributed by atoms with Crippen LogP contribution in [0.5, 0.6) is 5.75 Å². The number of benzene rings is 1. The van der Waals surface area contributed by atoms with Crippen LogP contribution in [0.4, 0.5) is 13.2 Å². The molecular formula is C27H32F3NO5S. The Hall–Kier alpha value is -2.17. The monoisotopic (exact) mass is 539 g/mol. The third-order valence-corrected chi connectivity index (χ3v) is 8.78. The van der Waals surface area contributed by atoms with E-state index in [1.54, 1.807) is 0 Å². The molecule has 0 unspecified atom stereocenters. The molecule has 1 spiro atoms. The summed E-state index contributed by atoms with van der Waals surface area (Å²) < 4.78 is 72.2. The number of rotatable bonds is 4. The van der Waals surface area contributed by atoms with Crippen LogP contribution in [-0.2, 0) is 26.9 Å². The number of aliphatic hydroxyl groups is 1. The van der Waals surface area contributed by atoms with Gasteiger partial charge in [-0.2, -0.15) is 21.6 Å². The number of aliphatic hydroxyl groups excluding tert-OH is 1. The maximum absolute atomic E-state index is 12.8. The molecule has 1 aromatic heterocycles. The predicted octanol–water partition coefficient (Wildman–Crippen LogP) is 6.33. The Labute approximate surface area is 215 Å². The van der Waals surface area contributed by atoms with E-state index in [0.29, 0.717) is 12.0 Å². The van der Waals surface area contributed by atoms with Crippen LogP contribution in [0.25, 0.3) is 0 Å². The highest BCUT2D eigenvalue weighted by atomic mass is 32.2. The van der Waals surface area contributed by atoms with Crippen molar-refractivity contribution in [3.05, 3.63) is 57.9 Å². The Bertz CT molecular complexity index is 1310. The molecule has 1 aromatic carbocycles. The third-order valence-electron chi connectivity index (χ3n) is 7.80. The van der Waals surface area contributed by atoms with Crippen LogP contribution in [-0.4, -0.2) is 24.0 Å². The zero-order valence-corrected chi connectivity index (χ0v) is 22.2. The minimum atomic E-state index is -5.76. The van der Waals surface area contributed by atoms with E-state index in [1.165, 1.54) is 24.3 Å². The maximum Gasteiger partial charge on any atom is 0.534 e. The van der Waals surface area contributed by atoms with Gasteiger partial charge in [-0.15, -0.1) is 0 Å². The van der Waals surface area contributed by atoms with E-state index in [1.807, 2.05) is 0 Å². The summed E-state index contributed by atoms with van der Waals surface area (Å²) >= 11 is 0. The second-order valence-corrected chi connectivity index (χ2v) is 13.2. The Morgan fingerprint density at radius 2 is 1.73 bits per heavy atom. The Morgan fingerprint density at radius 1 is 1.11 bits per heavy atom. The average molecular weight is 540 g/mol.